The first-order chi connectivity index (χ1) is 18.3. The van der Waals surface area contributed by atoms with Gasteiger partial charge in [-0.3, -0.25) is 10.1 Å². The van der Waals surface area contributed by atoms with E-state index in [9.17, 15) is 18.4 Å². The summed E-state index contributed by atoms with van der Waals surface area (Å²) in [7, 11) is 0. The van der Waals surface area contributed by atoms with Crippen LogP contribution in [0.5, 0.6) is 5.75 Å². The quantitative estimate of drug-likeness (QED) is 0.184. The molecule has 0 bridgehead atoms. The van der Waals surface area contributed by atoms with Gasteiger partial charge >= 0.3 is 12.1 Å². The Bertz CT molecular complexity index is 1500. The summed E-state index contributed by atoms with van der Waals surface area (Å²) in [6.07, 6.45) is 0.153. The number of halogens is 3. The highest BCUT2D eigenvalue weighted by Gasteiger charge is 2.31. The Morgan fingerprint density at radius 3 is 2.39 bits per heavy atom. The predicted octanol–water partition coefficient (Wildman–Crippen LogP) is 8.64. The van der Waals surface area contributed by atoms with Crippen LogP contribution in [0.3, 0.4) is 0 Å². The van der Waals surface area contributed by atoms with Crippen molar-refractivity contribution in [3.8, 4) is 27.3 Å². The van der Waals surface area contributed by atoms with Gasteiger partial charge in [0, 0.05) is 17.2 Å². The molecular formula is C29H22ClF2NO4S. The molecule has 0 aliphatic heterocycles. The molecule has 1 unspecified atom stereocenters. The molecule has 3 aromatic carbocycles. The van der Waals surface area contributed by atoms with Gasteiger partial charge in [-0.15, -0.1) is 11.3 Å². The van der Waals surface area contributed by atoms with Crippen LogP contribution in [0, 0.1) is 16.9 Å². The van der Waals surface area contributed by atoms with E-state index < -0.39 is 23.1 Å². The van der Waals surface area contributed by atoms with Crippen molar-refractivity contribution in [2.75, 3.05) is 5.32 Å². The Hall–Kier alpha value is -3.75. The molecule has 0 saturated heterocycles. The summed E-state index contributed by atoms with van der Waals surface area (Å²) in [5.41, 5.74) is 3.02. The second kappa shape index (κ2) is 10.9. The fourth-order valence-corrected chi connectivity index (χ4v) is 5.20. The molecule has 1 saturated carbocycles. The third-order valence-electron chi connectivity index (χ3n) is 6.09. The molecule has 1 atom stereocenters. The van der Waals surface area contributed by atoms with E-state index in [0.29, 0.717) is 21.8 Å². The molecule has 0 spiro atoms. The smallest absolute Gasteiger partial charge is 0.412 e. The highest BCUT2D eigenvalue weighted by molar-refractivity contribution is 7.14. The highest BCUT2D eigenvalue weighted by Crippen LogP contribution is 2.42. The lowest BCUT2D eigenvalue weighted by Crippen LogP contribution is -2.16. The van der Waals surface area contributed by atoms with E-state index in [1.54, 1.807) is 19.1 Å². The Labute approximate surface area is 227 Å². The number of hydrogen-bond donors (Lipinski definition) is 1. The Morgan fingerprint density at radius 2 is 1.71 bits per heavy atom. The van der Waals surface area contributed by atoms with E-state index in [4.69, 9.17) is 21.1 Å². The zero-order valence-corrected chi connectivity index (χ0v) is 21.7. The molecule has 1 heterocycles. The van der Waals surface area contributed by atoms with E-state index in [1.165, 1.54) is 18.2 Å². The zero-order valence-electron chi connectivity index (χ0n) is 20.2. The number of hydrogen-bond acceptors (Lipinski definition) is 5. The molecule has 1 amide bonds. The minimum absolute atomic E-state index is 0.00241. The van der Waals surface area contributed by atoms with Gasteiger partial charge in [0.2, 0.25) is 0 Å². The van der Waals surface area contributed by atoms with Gasteiger partial charge in [0.05, 0.1) is 21.5 Å². The SMILES string of the molecule is CC(OC(=O)Nc1cc(F)sc1-c1ccccc1-c1ccc(OC(=O)C2CC2)cc1)c1ccc(F)cc1Cl. The molecule has 38 heavy (non-hydrogen) atoms. The van der Waals surface area contributed by atoms with Crippen molar-refractivity contribution < 1.29 is 27.8 Å². The maximum absolute atomic E-state index is 14.4. The number of carbonyl (C=O) groups is 2. The van der Waals surface area contributed by atoms with Gasteiger partial charge < -0.3 is 9.47 Å². The second-order valence-corrected chi connectivity index (χ2v) is 10.3. The van der Waals surface area contributed by atoms with Gasteiger partial charge in [-0.1, -0.05) is 54.1 Å². The van der Waals surface area contributed by atoms with Crippen molar-refractivity contribution in [3.63, 3.8) is 0 Å². The van der Waals surface area contributed by atoms with Gasteiger partial charge in [-0.25, -0.2) is 9.18 Å². The molecule has 4 aromatic rings. The molecule has 1 N–H and O–H groups in total. The maximum Gasteiger partial charge on any atom is 0.412 e. The fourth-order valence-electron chi connectivity index (χ4n) is 4.00. The van der Waals surface area contributed by atoms with Crippen LogP contribution in [-0.4, -0.2) is 12.1 Å². The van der Waals surface area contributed by atoms with Gasteiger partial charge in [0.25, 0.3) is 0 Å². The lowest BCUT2D eigenvalue weighted by atomic mass is 9.98. The number of amides is 1. The largest absolute Gasteiger partial charge is 0.441 e. The van der Waals surface area contributed by atoms with Crippen molar-refractivity contribution >= 4 is 40.7 Å². The number of benzene rings is 3. The number of ether oxygens (including phenoxy) is 2. The summed E-state index contributed by atoms with van der Waals surface area (Å²) < 4.78 is 38.7. The van der Waals surface area contributed by atoms with Crippen LogP contribution in [0.25, 0.3) is 21.6 Å². The second-order valence-electron chi connectivity index (χ2n) is 8.90. The summed E-state index contributed by atoms with van der Waals surface area (Å²) in [4.78, 5) is 25.1. The number of nitrogens with one attached hydrogen (secondary N) is 1. The molecule has 5 nitrogen and oxygen atoms in total. The van der Waals surface area contributed by atoms with Crippen molar-refractivity contribution in [1.82, 2.24) is 0 Å². The zero-order chi connectivity index (χ0) is 26.8. The van der Waals surface area contributed by atoms with Crippen LogP contribution in [0.4, 0.5) is 19.3 Å². The van der Waals surface area contributed by atoms with E-state index in [2.05, 4.69) is 5.32 Å². The lowest BCUT2D eigenvalue weighted by Gasteiger charge is -2.16. The minimum Gasteiger partial charge on any atom is -0.441 e. The normalized spacial score (nSPS) is 13.6. The molecule has 194 valence electrons. The Balaban J connectivity index is 1.36. The number of esters is 1. The van der Waals surface area contributed by atoms with E-state index in [0.717, 1.165) is 41.4 Å². The molecule has 1 aliphatic rings. The predicted molar refractivity (Wildman–Crippen MR) is 143 cm³/mol. The number of rotatable bonds is 7. The number of carbonyl (C=O) groups excluding carboxylic acids is 2. The van der Waals surface area contributed by atoms with Crippen LogP contribution in [0.15, 0.2) is 72.8 Å². The molecular weight excluding hydrogens is 532 g/mol. The minimum atomic E-state index is -0.809. The standard InChI is InChI=1S/C29H22ClF2NO4S/c1-16(21-13-10-19(31)14-24(21)30)36-29(35)33-25-15-26(32)38-27(25)23-5-3-2-4-22(23)17-8-11-20(12-9-17)37-28(34)18-6-7-18/h2-5,8-16,18H,6-7H2,1H3,(H,33,35). The van der Waals surface area contributed by atoms with Gasteiger partial charge in [0.1, 0.15) is 17.7 Å². The Morgan fingerprint density at radius 1 is 1.00 bits per heavy atom. The highest BCUT2D eigenvalue weighted by atomic mass is 35.5. The van der Waals surface area contributed by atoms with Crippen molar-refractivity contribution in [2.45, 2.75) is 25.9 Å². The average molecular weight is 554 g/mol. The van der Waals surface area contributed by atoms with Gasteiger partial charge in [-0.2, -0.15) is 4.39 Å². The number of thiophene rings is 1. The molecule has 9 heteroatoms. The van der Waals surface area contributed by atoms with E-state index >= 15 is 0 Å². The topological polar surface area (TPSA) is 64.6 Å². The third kappa shape index (κ3) is 5.87. The summed E-state index contributed by atoms with van der Waals surface area (Å²) in [5, 5.41) is 2.27. The van der Waals surface area contributed by atoms with Crippen molar-refractivity contribution in [2.24, 2.45) is 5.92 Å². The van der Waals surface area contributed by atoms with Crippen LogP contribution in [-0.2, 0) is 9.53 Å². The molecule has 1 fully saturated rings. The first-order valence-electron chi connectivity index (χ1n) is 11.9. The van der Waals surface area contributed by atoms with E-state index in [-0.39, 0.29) is 22.6 Å². The Kier molecular flexibility index (Phi) is 7.44. The maximum atomic E-state index is 14.4. The number of anilines is 1. The van der Waals surface area contributed by atoms with Crippen LogP contribution in [0.2, 0.25) is 5.02 Å². The van der Waals surface area contributed by atoms with Crippen molar-refractivity contribution in [3.05, 3.63) is 94.3 Å². The van der Waals surface area contributed by atoms with Crippen LogP contribution < -0.4 is 10.1 Å². The fraction of sp³-hybridized carbons (Fsp3) is 0.172. The molecule has 5 rings (SSSR count). The lowest BCUT2D eigenvalue weighted by molar-refractivity contribution is -0.135. The molecule has 1 aliphatic carbocycles. The van der Waals surface area contributed by atoms with Crippen LogP contribution >= 0.6 is 22.9 Å². The summed E-state index contributed by atoms with van der Waals surface area (Å²) in [5.74, 6) is -0.254. The van der Waals surface area contributed by atoms with Crippen molar-refractivity contribution in [1.29, 1.82) is 0 Å². The third-order valence-corrected chi connectivity index (χ3v) is 7.37. The monoisotopic (exact) mass is 553 g/mol. The summed E-state index contributed by atoms with van der Waals surface area (Å²) >= 11 is 6.97. The molecule has 1 aromatic heterocycles. The first kappa shape index (κ1) is 25.9. The van der Waals surface area contributed by atoms with Crippen LogP contribution in [0.1, 0.15) is 31.4 Å². The molecule has 0 radical (unpaired) electrons. The van der Waals surface area contributed by atoms with Gasteiger partial charge in [0.15, 0.2) is 5.13 Å². The van der Waals surface area contributed by atoms with Gasteiger partial charge in [-0.05, 0) is 55.2 Å². The summed E-state index contributed by atoms with van der Waals surface area (Å²) in [6, 6.07) is 19.5. The average Bonchev–Trinajstić information content (AvgIpc) is 3.67. The van der Waals surface area contributed by atoms with E-state index in [1.807, 2.05) is 36.4 Å². The summed E-state index contributed by atoms with van der Waals surface area (Å²) in [6.45, 7) is 1.61. The first-order valence-corrected chi connectivity index (χ1v) is 13.1.